The van der Waals surface area contributed by atoms with E-state index in [2.05, 4.69) is 46.1 Å². The Morgan fingerprint density at radius 2 is 1.85 bits per heavy atom. The molecule has 0 saturated carbocycles. The fourth-order valence-electron chi connectivity index (χ4n) is 3.22. The highest BCUT2D eigenvalue weighted by molar-refractivity contribution is 5.73. The van der Waals surface area contributed by atoms with Crippen LogP contribution in [0.1, 0.15) is 0 Å². The van der Waals surface area contributed by atoms with Crippen LogP contribution in [0.2, 0.25) is 0 Å². The number of carbonyl (C=O) groups excluding carboxylic acids is 1. The summed E-state index contributed by atoms with van der Waals surface area (Å²) < 4.78 is 6.85. The van der Waals surface area contributed by atoms with Gasteiger partial charge in [0.2, 0.25) is 0 Å². The van der Waals surface area contributed by atoms with Crippen molar-refractivity contribution in [1.82, 2.24) is 14.3 Å². The molecule has 0 aliphatic carbocycles. The summed E-state index contributed by atoms with van der Waals surface area (Å²) in [5, 5.41) is 0. The van der Waals surface area contributed by atoms with Crippen LogP contribution in [0.15, 0.2) is 48.8 Å². The lowest BCUT2D eigenvalue weighted by Gasteiger charge is -2.34. The Labute approximate surface area is 151 Å². The van der Waals surface area contributed by atoms with Crippen LogP contribution in [0.25, 0.3) is 16.9 Å². The molecule has 134 valence electrons. The number of benzene rings is 1. The number of amides is 1. The van der Waals surface area contributed by atoms with E-state index in [0.717, 1.165) is 37.4 Å². The largest absolute Gasteiger partial charge is 0.410 e. The van der Waals surface area contributed by atoms with Crippen molar-refractivity contribution >= 4 is 17.4 Å². The smallest absolute Gasteiger partial charge is 0.406 e. The molecular weight excluding hydrogens is 330 g/mol. The molecule has 2 aromatic heterocycles. The second-order valence-corrected chi connectivity index (χ2v) is 6.49. The van der Waals surface area contributed by atoms with Gasteiger partial charge < -0.3 is 24.7 Å². The van der Waals surface area contributed by atoms with Crippen LogP contribution in [0.5, 0.6) is 5.75 Å². The normalized spacial score (nSPS) is 15.3. The van der Waals surface area contributed by atoms with Crippen molar-refractivity contribution in [2.75, 3.05) is 38.1 Å². The Kier molecular flexibility index (Phi) is 4.22. The Balaban J connectivity index is 1.60. The predicted molar refractivity (Wildman–Crippen MR) is 101 cm³/mol. The number of nitrogens with two attached hydrogens (primary N) is 1. The number of nitrogens with zero attached hydrogens (tertiary/aromatic N) is 4. The lowest BCUT2D eigenvalue weighted by Crippen LogP contribution is -2.44. The lowest BCUT2D eigenvalue weighted by atomic mass is 10.1. The van der Waals surface area contributed by atoms with Crippen molar-refractivity contribution in [2.24, 2.45) is 5.73 Å². The standard InChI is InChI=1S/C19H21N5O2/c1-22-9-11-23(12-10-22)15-6-4-14(5-7-15)16-13-24-8-2-3-17(18(24)21-16)26-19(20)25/h2-8,13H,9-12H2,1H3,(H2,20,25). The summed E-state index contributed by atoms with van der Waals surface area (Å²) in [4.78, 5) is 20.4. The highest BCUT2D eigenvalue weighted by atomic mass is 16.5. The van der Waals surface area contributed by atoms with Crippen molar-refractivity contribution in [2.45, 2.75) is 0 Å². The van der Waals surface area contributed by atoms with E-state index in [-0.39, 0.29) is 0 Å². The molecule has 4 rings (SSSR count). The van der Waals surface area contributed by atoms with Gasteiger partial charge in [0.05, 0.1) is 5.69 Å². The second kappa shape index (κ2) is 6.68. The van der Waals surface area contributed by atoms with Crippen LogP contribution < -0.4 is 15.4 Å². The predicted octanol–water partition coefficient (Wildman–Crippen LogP) is 2.21. The molecule has 2 N–H and O–H groups in total. The Hall–Kier alpha value is -3.06. The van der Waals surface area contributed by atoms with Gasteiger partial charge in [-0.1, -0.05) is 12.1 Å². The van der Waals surface area contributed by atoms with E-state index in [4.69, 9.17) is 10.5 Å². The van der Waals surface area contributed by atoms with E-state index in [1.807, 2.05) is 16.8 Å². The van der Waals surface area contributed by atoms with E-state index in [9.17, 15) is 4.79 Å². The molecule has 1 saturated heterocycles. The minimum atomic E-state index is -0.848. The quantitative estimate of drug-likeness (QED) is 0.783. The van der Waals surface area contributed by atoms with E-state index in [1.165, 1.54) is 5.69 Å². The molecule has 1 aromatic carbocycles. The third kappa shape index (κ3) is 3.21. The summed E-state index contributed by atoms with van der Waals surface area (Å²) in [7, 11) is 2.15. The lowest BCUT2D eigenvalue weighted by molar-refractivity contribution is 0.211. The second-order valence-electron chi connectivity index (χ2n) is 6.49. The van der Waals surface area contributed by atoms with Crippen LogP contribution in [0, 0.1) is 0 Å². The number of likely N-dealkylation sites (N-methyl/N-ethyl adjacent to an activating group) is 1. The molecule has 1 aliphatic heterocycles. The highest BCUT2D eigenvalue weighted by Crippen LogP contribution is 2.26. The molecule has 0 atom stereocenters. The van der Waals surface area contributed by atoms with Crippen molar-refractivity contribution in [3.05, 3.63) is 48.8 Å². The van der Waals surface area contributed by atoms with Gasteiger partial charge in [-0.3, -0.25) is 0 Å². The molecule has 26 heavy (non-hydrogen) atoms. The summed E-state index contributed by atoms with van der Waals surface area (Å²) in [5.74, 6) is 0.348. The molecule has 7 nitrogen and oxygen atoms in total. The van der Waals surface area contributed by atoms with Crippen molar-refractivity contribution in [3.8, 4) is 17.0 Å². The van der Waals surface area contributed by atoms with E-state index in [0.29, 0.717) is 11.4 Å². The number of rotatable bonds is 3. The topological polar surface area (TPSA) is 76.1 Å². The zero-order chi connectivity index (χ0) is 18.1. The van der Waals surface area contributed by atoms with E-state index in [1.54, 1.807) is 12.1 Å². The minimum absolute atomic E-state index is 0.348. The summed E-state index contributed by atoms with van der Waals surface area (Å²) in [6.07, 6.45) is 2.92. The number of hydrogen-bond donors (Lipinski definition) is 1. The first-order valence-electron chi connectivity index (χ1n) is 8.59. The molecule has 1 amide bonds. The number of fused-ring (bicyclic) bond motifs is 1. The maximum absolute atomic E-state index is 11.1. The zero-order valence-corrected chi connectivity index (χ0v) is 14.6. The monoisotopic (exact) mass is 351 g/mol. The average molecular weight is 351 g/mol. The molecule has 1 fully saturated rings. The highest BCUT2D eigenvalue weighted by Gasteiger charge is 2.15. The SMILES string of the molecule is CN1CCN(c2ccc(-c3cn4cccc(OC(N)=O)c4n3)cc2)CC1. The first-order chi connectivity index (χ1) is 12.6. The van der Waals surface area contributed by atoms with Crippen LogP contribution in [0.3, 0.4) is 0 Å². The first kappa shape index (κ1) is 16.4. The molecule has 3 aromatic rings. The molecule has 1 aliphatic rings. The maximum atomic E-state index is 11.1. The van der Waals surface area contributed by atoms with Gasteiger partial charge in [-0.2, -0.15) is 0 Å². The van der Waals surface area contributed by atoms with Crippen LogP contribution in [-0.4, -0.2) is 53.6 Å². The number of hydrogen-bond acceptors (Lipinski definition) is 5. The molecule has 0 bridgehead atoms. The number of primary amides is 1. The minimum Gasteiger partial charge on any atom is -0.406 e. The molecule has 0 spiro atoms. The Bertz CT molecular complexity index is 927. The molecule has 0 radical (unpaired) electrons. The molecule has 7 heteroatoms. The van der Waals surface area contributed by atoms with E-state index < -0.39 is 6.09 Å². The molecule has 3 heterocycles. The fourth-order valence-corrected chi connectivity index (χ4v) is 3.22. The average Bonchev–Trinajstić information content (AvgIpc) is 3.07. The van der Waals surface area contributed by atoms with Crippen molar-refractivity contribution < 1.29 is 9.53 Å². The van der Waals surface area contributed by atoms with Crippen LogP contribution in [0.4, 0.5) is 10.5 Å². The zero-order valence-electron chi connectivity index (χ0n) is 14.6. The van der Waals surface area contributed by atoms with Crippen LogP contribution in [-0.2, 0) is 0 Å². The third-order valence-corrected chi connectivity index (χ3v) is 4.69. The fraction of sp³-hybridized carbons (Fsp3) is 0.263. The first-order valence-corrected chi connectivity index (χ1v) is 8.59. The number of piperazine rings is 1. The number of ether oxygens (including phenoxy) is 1. The van der Waals surface area contributed by atoms with Gasteiger partial charge in [-0.05, 0) is 31.3 Å². The summed E-state index contributed by atoms with van der Waals surface area (Å²) in [6, 6.07) is 11.9. The van der Waals surface area contributed by atoms with Gasteiger partial charge in [0.25, 0.3) is 0 Å². The number of imidazole rings is 1. The Morgan fingerprint density at radius 3 is 2.54 bits per heavy atom. The van der Waals surface area contributed by atoms with Gasteiger partial charge in [0.15, 0.2) is 11.4 Å². The van der Waals surface area contributed by atoms with Crippen molar-refractivity contribution in [1.29, 1.82) is 0 Å². The summed E-state index contributed by atoms with van der Waals surface area (Å²) in [6.45, 7) is 4.24. The van der Waals surface area contributed by atoms with Gasteiger partial charge in [0.1, 0.15) is 0 Å². The van der Waals surface area contributed by atoms with E-state index >= 15 is 0 Å². The molecule has 0 unspecified atom stereocenters. The number of pyridine rings is 1. The van der Waals surface area contributed by atoms with Crippen molar-refractivity contribution in [3.63, 3.8) is 0 Å². The van der Waals surface area contributed by atoms with Crippen LogP contribution >= 0.6 is 0 Å². The van der Waals surface area contributed by atoms with Gasteiger partial charge in [-0.15, -0.1) is 0 Å². The van der Waals surface area contributed by atoms with Gasteiger partial charge in [0, 0.05) is 49.8 Å². The molecular formula is C19H21N5O2. The summed E-state index contributed by atoms with van der Waals surface area (Å²) in [5.41, 5.74) is 8.73. The number of carbonyl (C=O) groups is 1. The third-order valence-electron chi connectivity index (χ3n) is 4.69. The van der Waals surface area contributed by atoms with Gasteiger partial charge >= 0.3 is 6.09 Å². The summed E-state index contributed by atoms with van der Waals surface area (Å²) >= 11 is 0. The van der Waals surface area contributed by atoms with Gasteiger partial charge in [-0.25, -0.2) is 9.78 Å². The maximum Gasteiger partial charge on any atom is 0.410 e. The Morgan fingerprint density at radius 1 is 1.12 bits per heavy atom. The number of aromatic nitrogens is 2. The number of anilines is 1.